The average molecular weight is 299 g/mol. The number of rotatable bonds is 8. The number of hydrogen-bond acceptors (Lipinski definition) is 2. The summed E-state index contributed by atoms with van der Waals surface area (Å²) in [6.07, 6.45) is 7.88. The van der Waals surface area contributed by atoms with Gasteiger partial charge in [-0.2, -0.15) is 5.10 Å². The van der Waals surface area contributed by atoms with E-state index in [2.05, 4.69) is 24.3 Å². The molecule has 2 rings (SSSR count). The van der Waals surface area contributed by atoms with Gasteiger partial charge in [0.15, 0.2) is 0 Å². The third-order valence-corrected chi connectivity index (χ3v) is 3.89. The van der Waals surface area contributed by atoms with Crippen LogP contribution in [-0.4, -0.2) is 15.7 Å². The largest absolute Gasteiger partial charge is 0.352 e. The van der Waals surface area contributed by atoms with Gasteiger partial charge >= 0.3 is 0 Å². The molecule has 2 aromatic rings. The number of hydrogen-bond donors (Lipinski definition) is 1. The van der Waals surface area contributed by atoms with Crippen molar-refractivity contribution in [1.29, 1.82) is 0 Å². The van der Waals surface area contributed by atoms with Gasteiger partial charge in [0, 0.05) is 24.2 Å². The van der Waals surface area contributed by atoms with Crippen LogP contribution >= 0.6 is 0 Å². The Labute approximate surface area is 132 Å². The first-order valence-corrected chi connectivity index (χ1v) is 8.11. The first-order chi connectivity index (χ1) is 10.7. The van der Waals surface area contributed by atoms with Gasteiger partial charge in [-0.1, -0.05) is 44.9 Å². The Balaban J connectivity index is 1.89. The van der Waals surface area contributed by atoms with Gasteiger partial charge in [0.05, 0.1) is 11.9 Å². The molecule has 0 saturated heterocycles. The monoisotopic (exact) mass is 299 g/mol. The summed E-state index contributed by atoms with van der Waals surface area (Å²) in [7, 11) is 0. The topological polar surface area (TPSA) is 46.9 Å². The maximum absolute atomic E-state index is 12.2. The minimum atomic E-state index is 0.129. The summed E-state index contributed by atoms with van der Waals surface area (Å²) >= 11 is 0. The van der Waals surface area contributed by atoms with Crippen LogP contribution in [0.3, 0.4) is 0 Å². The number of carbonyl (C=O) groups is 1. The molecule has 0 spiro atoms. The maximum Gasteiger partial charge on any atom is 0.223 e. The lowest BCUT2D eigenvalue weighted by molar-refractivity contribution is -0.125. The molecule has 4 nitrogen and oxygen atoms in total. The van der Waals surface area contributed by atoms with Crippen LogP contribution in [0, 0.1) is 5.92 Å². The highest BCUT2D eigenvalue weighted by atomic mass is 16.1. The highest BCUT2D eigenvalue weighted by Crippen LogP contribution is 2.13. The molecule has 0 radical (unpaired) electrons. The van der Waals surface area contributed by atoms with Crippen molar-refractivity contribution in [3.05, 3.63) is 48.3 Å². The van der Waals surface area contributed by atoms with Gasteiger partial charge in [-0.3, -0.25) is 4.79 Å². The number of carbonyl (C=O) groups excluding carboxylic acids is 1. The van der Waals surface area contributed by atoms with Crippen molar-refractivity contribution < 1.29 is 4.79 Å². The van der Waals surface area contributed by atoms with Gasteiger partial charge in [-0.25, -0.2) is 4.68 Å². The Bertz CT molecular complexity index is 577. The van der Waals surface area contributed by atoms with Crippen molar-refractivity contribution >= 4 is 5.91 Å². The van der Waals surface area contributed by atoms with E-state index in [0.29, 0.717) is 6.54 Å². The smallest absolute Gasteiger partial charge is 0.223 e. The van der Waals surface area contributed by atoms with Crippen molar-refractivity contribution in [2.45, 2.75) is 46.1 Å². The van der Waals surface area contributed by atoms with Crippen LogP contribution in [0.25, 0.3) is 5.69 Å². The molecule has 1 amide bonds. The predicted octanol–water partition coefficient (Wildman–Crippen LogP) is 3.70. The highest BCUT2D eigenvalue weighted by Gasteiger charge is 2.15. The lowest BCUT2D eigenvalue weighted by atomic mass is 9.98. The van der Waals surface area contributed by atoms with Crippen LogP contribution in [0.5, 0.6) is 0 Å². The fourth-order valence-corrected chi connectivity index (χ4v) is 2.48. The highest BCUT2D eigenvalue weighted by molar-refractivity contribution is 5.78. The lowest BCUT2D eigenvalue weighted by Gasteiger charge is -2.13. The van der Waals surface area contributed by atoms with Crippen molar-refractivity contribution in [2.24, 2.45) is 5.92 Å². The molecular weight excluding hydrogens is 274 g/mol. The van der Waals surface area contributed by atoms with Crippen molar-refractivity contribution in [3.8, 4) is 5.69 Å². The number of nitrogens with one attached hydrogen (secondary N) is 1. The third kappa shape index (κ3) is 4.45. The molecule has 0 aliphatic rings. The van der Waals surface area contributed by atoms with Crippen LogP contribution in [0.15, 0.2) is 42.7 Å². The van der Waals surface area contributed by atoms with Gasteiger partial charge in [0.2, 0.25) is 5.91 Å². The number of nitrogens with zero attached hydrogens (tertiary/aromatic N) is 2. The molecule has 1 atom stereocenters. The molecule has 1 heterocycles. The van der Waals surface area contributed by atoms with E-state index in [9.17, 15) is 4.79 Å². The number of benzene rings is 1. The average Bonchev–Trinajstić information content (AvgIpc) is 3.03. The Morgan fingerprint density at radius 2 is 2.05 bits per heavy atom. The number of unbranched alkanes of at least 4 members (excludes halogenated alkanes) is 1. The molecule has 118 valence electrons. The zero-order chi connectivity index (χ0) is 15.8. The number of aromatic nitrogens is 2. The second kappa shape index (κ2) is 8.37. The first-order valence-electron chi connectivity index (χ1n) is 8.11. The van der Waals surface area contributed by atoms with Crippen LogP contribution in [0.4, 0.5) is 0 Å². The summed E-state index contributed by atoms with van der Waals surface area (Å²) in [6.45, 7) is 4.77. The molecule has 1 N–H and O–H groups in total. The standard InChI is InChI=1S/C18H25N3O/c1-3-5-9-16(4-2)18(22)19-12-15-13-20-21(14-15)17-10-7-6-8-11-17/h6-8,10-11,13-14,16H,3-5,9,12H2,1-2H3,(H,19,22). The number of amides is 1. The molecular formula is C18H25N3O. The molecule has 1 aromatic carbocycles. The molecule has 22 heavy (non-hydrogen) atoms. The molecule has 0 bridgehead atoms. The van der Waals surface area contributed by atoms with Gasteiger partial charge in [0.25, 0.3) is 0 Å². The first kappa shape index (κ1) is 16.3. The van der Waals surface area contributed by atoms with E-state index in [1.807, 2.05) is 41.2 Å². The van der Waals surface area contributed by atoms with Crippen LogP contribution in [0.1, 0.15) is 45.1 Å². The summed E-state index contributed by atoms with van der Waals surface area (Å²) < 4.78 is 1.83. The van der Waals surface area contributed by atoms with Crippen LogP contribution in [-0.2, 0) is 11.3 Å². The Morgan fingerprint density at radius 3 is 2.73 bits per heavy atom. The SMILES string of the molecule is CCCCC(CC)C(=O)NCc1cnn(-c2ccccc2)c1. The van der Waals surface area contributed by atoms with E-state index >= 15 is 0 Å². The summed E-state index contributed by atoms with van der Waals surface area (Å²) in [5, 5.41) is 7.38. The van der Waals surface area contributed by atoms with Gasteiger partial charge in [0.1, 0.15) is 0 Å². The predicted molar refractivity (Wildman–Crippen MR) is 88.7 cm³/mol. The minimum Gasteiger partial charge on any atom is -0.352 e. The van der Waals surface area contributed by atoms with Crippen LogP contribution in [0.2, 0.25) is 0 Å². The molecule has 0 aliphatic heterocycles. The van der Waals surface area contributed by atoms with E-state index < -0.39 is 0 Å². The Kier molecular flexibility index (Phi) is 6.19. The second-order valence-corrected chi connectivity index (χ2v) is 5.59. The second-order valence-electron chi connectivity index (χ2n) is 5.59. The maximum atomic E-state index is 12.2. The lowest BCUT2D eigenvalue weighted by Crippen LogP contribution is -2.29. The zero-order valence-corrected chi connectivity index (χ0v) is 13.5. The molecule has 0 fully saturated rings. The summed E-state index contributed by atoms with van der Waals surface area (Å²) in [5.41, 5.74) is 2.04. The minimum absolute atomic E-state index is 0.129. The van der Waals surface area contributed by atoms with E-state index in [1.165, 1.54) is 0 Å². The van der Waals surface area contributed by atoms with Crippen molar-refractivity contribution in [3.63, 3.8) is 0 Å². The van der Waals surface area contributed by atoms with Gasteiger partial charge in [-0.05, 0) is 25.0 Å². The van der Waals surface area contributed by atoms with E-state index in [-0.39, 0.29) is 11.8 Å². The van der Waals surface area contributed by atoms with Gasteiger partial charge in [-0.15, -0.1) is 0 Å². The molecule has 4 heteroatoms. The summed E-state index contributed by atoms with van der Waals surface area (Å²) in [4.78, 5) is 12.2. The normalized spacial score (nSPS) is 12.1. The molecule has 0 saturated carbocycles. The third-order valence-electron chi connectivity index (χ3n) is 3.89. The quantitative estimate of drug-likeness (QED) is 0.808. The van der Waals surface area contributed by atoms with E-state index in [4.69, 9.17) is 0 Å². The fraction of sp³-hybridized carbons (Fsp3) is 0.444. The van der Waals surface area contributed by atoms with E-state index in [0.717, 1.165) is 36.9 Å². The Hall–Kier alpha value is -2.10. The molecule has 1 unspecified atom stereocenters. The van der Waals surface area contributed by atoms with Crippen molar-refractivity contribution in [2.75, 3.05) is 0 Å². The number of para-hydroxylation sites is 1. The Morgan fingerprint density at radius 1 is 1.27 bits per heavy atom. The zero-order valence-electron chi connectivity index (χ0n) is 13.5. The van der Waals surface area contributed by atoms with Crippen LogP contribution < -0.4 is 5.32 Å². The summed E-state index contributed by atoms with van der Waals surface area (Å²) in [5.74, 6) is 0.285. The molecule has 1 aromatic heterocycles. The van der Waals surface area contributed by atoms with Gasteiger partial charge < -0.3 is 5.32 Å². The molecule has 0 aliphatic carbocycles. The van der Waals surface area contributed by atoms with E-state index in [1.54, 1.807) is 6.20 Å². The van der Waals surface area contributed by atoms with Crippen molar-refractivity contribution in [1.82, 2.24) is 15.1 Å². The fourth-order valence-electron chi connectivity index (χ4n) is 2.48. The summed E-state index contributed by atoms with van der Waals surface area (Å²) in [6, 6.07) is 9.96.